The van der Waals surface area contributed by atoms with E-state index in [2.05, 4.69) is 0 Å². The molecule has 0 saturated heterocycles. The molecule has 0 fully saturated rings. The van der Waals surface area contributed by atoms with Crippen LogP contribution in [0.15, 0.2) is 54.1 Å². The molecule has 1 heterocycles. The number of rotatable bonds is 1. The van der Waals surface area contributed by atoms with E-state index in [1.807, 2.05) is 43.3 Å². The lowest BCUT2D eigenvalue weighted by Crippen LogP contribution is -2.32. The molecule has 0 atom stereocenters. The summed E-state index contributed by atoms with van der Waals surface area (Å²) in [7, 11) is 0. The largest absolute Gasteiger partial charge is 0.269 e. The van der Waals surface area contributed by atoms with Crippen LogP contribution in [0.4, 0.5) is 5.69 Å². The minimum absolute atomic E-state index is 0.184. The summed E-state index contributed by atoms with van der Waals surface area (Å²) >= 11 is 0. The minimum atomic E-state index is -0.203. The fraction of sp³-hybridized carbons (Fsp3) is 0.111. The summed E-state index contributed by atoms with van der Waals surface area (Å²) in [6, 6.07) is 15.0. The second-order valence-corrected chi connectivity index (χ2v) is 5.41. The number of carbonyl (C=O) groups excluding carboxylic acids is 2. The molecule has 0 unspecified atom stereocenters. The SMILES string of the molecule is Cc1cccc2c1CC1=C2C(=O)N(c2ccccc2)C1=O. The third kappa shape index (κ3) is 1.54. The lowest BCUT2D eigenvalue weighted by atomic mass is 10.0. The Morgan fingerprint density at radius 1 is 0.905 bits per heavy atom. The number of hydrogen-bond acceptors (Lipinski definition) is 2. The maximum atomic E-state index is 12.7. The van der Waals surface area contributed by atoms with E-state index in [9.17, 15) is 9.59 Å². The van der Waals surface area contributed by atoms with Crippen molar-refractivity contribution in [1.82, 2.24) is 0 Å². The van der Waals surface area contributed by atoms with Crippen molar-refractivity contribution < 1.29 is 9.59 Å². The van der Waals surface area contributed by atoms with Gasteiger partial charge in [-0.2, -0.15) is 0 Å². The predicted octanol–water partition coefficient (Wildman–Crippen LogP) is 2.88. The first-order chi connectivity index (χ1) is 10.2. The average molecular weight is 275 g/mol. The van der Waals surface area contributed by atoms with Crippen LogP contribution in [-0.2, 0) is 16.0 Å². The first kappa shape index (κ1) is 12.1. The first-order valence-corrected chi connectivity index (χ1v) is 6.94. The van der Waals surface area contributed by atoms with E-state index in [4.69, 9.17) is 0 Å². The highest BCUT2D eigenvalue weighted by Gasteiger charge is 2.43. The van der Waals surface area contributed by atoms with Crippen LogP contribution in [0.3, 0.4) is 0 Å². The van der Waals surface area contributed by atoms with Crippen molar-refractivity contribution in [3.8, 4) is 0 Å². The van der Waals surface area contributed by atoms with Crippen molar-refractivity contribution in [3.63, 3.8) is 0 Å². The molecule has 0 aromatic heterocycles. The Bertz CT molecular complexity index is 818. The molecule has 0 bridgehead atoms. The van der Waals surface area contributed by atoms with Gasteiger partial charge in [-0.3, -0.25) is 9.59 Å². The van der Waals surface area contributed by atoms with Crippen LogP contribution < -0.4 is 4.90 Å². The van der Waals surface area contributed by atoms with Gasteiger partial charge in [0.2, 0.25) is 0 Å². The van der Waals surface area contributed by atoms with E-state index in [-0.39, 0.29) is 11.8 Å². The van der Waals surface area contributed by atoms with Gasteiger partial charge in [0.05, 0.1) is 11.3 Å². The van der Waals surface area contributed by atoms with Gasteiger partial charge in [-0.25, -0.2) is 4.90 Å². The van der Waals surface area contributed by atoms with Gasteiger partial charge in [-0.15, -0.1) is 0 Å². The van der Waals surface area contributed by atoms with E-state index in [0.29, 0.717) is 23.3 Å². The number of hydrogen-bond donors (Lipinski definition) is 0. The van der Waals surface area contributed by atoms with Crippen LogP contribution in [0.2, 0.25) is 0 Å². The van der Waals surface area contributed by atoms with E-state index >= 15 is 0 Å². The van der Waals surface area contributed by atoms with Gasteiger partial charge in [0, 0.05) is 12.0 Å². The number of anilines is 1. The van der Waals surface area contributed by atoms with Gasteiger partial charge in [0.25, 0.3) is 11.8 Å². The van der Waals surface area contributed by atoms with Crippen LogP contribution in [0.5, 0.6) is 0 Å². The van der Waals surface area contributed by atoms with Gasteiger partial charge < -0.3 is 0 Å². The van der Waals surface area contributed by atoms with Crippen molar-refractivity contribution in [2.45, 2.75) is 13.3 Å². The molecule has 21 heavy (non-hydrogen) atoms. The van der Waals surface area contributed by atoms with Gasteiger partial charge in [0.15, 0.2) is 0 Å². The second-order valence-electron chi connectivity index (χ2n) is 5.41. The van der Waals surface area contributed by atoms with Crippen LogP contribution in [-0.4, -0.2) is 11.8 Å². The van der Waals surface area contributed by atoms with Gasteiger partial charge in [-0.1, -0.05) is 36.4 Å². The van der Waals surface area contributed by atoms with Gasteiger partial charge >= 0.3 is 0 Å². The Labute approximate surface area is 122 Å². The van der Waals surface area contributed by atoms with E-state index in [1.165, 1.54) is 4.90 Å². The zero-order chi connectivity index (χ0) is 14.6. The first-order valence-electron chi connectivity index (χ1n) is 6.94. The fourth-order valence-corrected chi connectivity index (χ4v) is 3.18. The molecule has 0 saturated carbocycles. The van der Waals surface area contributed by atoms with Crippen molar-refractivity contribution in [1.29, 1.82) is 0 Å². The maximum absolute atomic E-state index is 12.7. The number of para-hydroxylation sites is 1. The highest BCUT2D eigenvalue weighted by atomic mass is 16.2. The van der Waals surface area contributed by atoms with Crippen LogP contribution in [0.25, 0.3) is 5.57 Å². The highest BCUT2D eigenvalue weighted by molar-refractivity contribution is 6.46. The lowest BCUT2D eigenvalue weighted by molar-refractivity contribution is -0.120. The van der Waals surface area contributed by atoms with Crippen molar-refractivity contribution >= 4 is 23.1 Å². The Morgan fingerprint density at radius 2 is 1.67 bits per heavy atom. The zero-order valence-electron chi connectivity index (χ0n) is 11.6. The molecule has 0 N–H and O–H groups in total. The molecule has 1 aliphatic heterocycles. The third-order valence-electron chi connectivity index (χ3n) is 4.23. The Morgan fingerprint density at radius 3 is 2.43 bits per heavy atom. The minimum Gasteiger partial charge on any atom is -0.269 e. The summed E-state index contributed by atoms with van der Waals surface area (Å²) in [5.74, 6) is -0.387. The summed E-state index contributed by atoms with van der Waals surface area (Å²) in [5.41, 5.74) is 5.01. The molecule has 3 nitrogen and oxygen atoms in total. The molecule has 2 amide bonds. The number of fused-ring (bicyclic) bond motifs is 2. The van der Waals surface area contributed by atoms with Crippen LogP contribution in [0, 0.1) is 6.92 Å². The normalized spacial score (nSPS) is 16.5. The molecule has 0 spiro atoms. The number of benzene rings is 2. The predicted molar refractivity (Wildman–Crippen MR) is 80.7 cm³/mol. The number of amides is 2. The number of nitrogens with zero attached hydrogens (tertiary/aromatic N) is 1. The second kappa shape index (κ2) is 4.16. The average Bonchev–Trinajstić information content (AvgIpc) is 2.99. The highest BCUT2D eigenvalue weighted by Crippen LogP contribution is 2.41. The summed E-state index contributed by atoms with van der Waals surface area (Å²) in [4.78, 5) is 26.6. The number of aryl methyl sites for hydroxylation is 1. The molecule has 3 heteroatoms. The van der Waals surface area contributed by atoms with E-state index < -0.39 is 0 Å². The van der Waals surface area contributed by atoms with Crippen molar-refractivity contribution in [3.05, 3.63) is 70.8 Å². The summed E-state index contributed by atoms with van der Waals surface area (Å²) in [6.45, 7) is 2.02. The maximum Gasteiger partial charge on any atom is 0.266 e. The number of imide groups is 1. The molecular formula is C18H13NO2. The molecule has 2 aromatic carbocycles. The Balaban J connectivity index is 1.84. The summed E-state index contributed by atoms with van der Waals surface area (Å²) < 4.78 is 0. The summed E-state index contributed by atoms with van der Waals surface area (Å²) in [5, 5.41) is 0. The molecule has 2 aromatic rings. The molecule has 4 rings (SSSR count). The monoisotopic (exact) mass is 275 g/mol. The standard InChI is InChI=1S/C18H13NO2/c1-11-6-5-9-13-14(11)10-15-16(13)18(21)19(17(15)20)12-7-3-2-4-8-12/h2-9H,10H2,1H3. The van der Waals surface area contributed by atoms with Crippen molar-refractivity contribution in [2.75, 3.05) is 4.90 Å². The van der Waals surface area contributed by atoms with Crippen LogP contribution >= 0.6 is 0 Å². The topological polar surface area (TPSA) is 37.4 Å². The number of carbonyl (C=O) groups is 2. The Kier molecular flexibility index (Phi) is 2.39. The van der Waals surface area contributed by atoms with Gasteiger partial charge in [0.1, 0.15) is 0 Å². The van der Waals surface area contributed by atoms with E-state index in [1.54, 1.807) is 12.1 Å². The Hall–Kier alpha value is -2.68. The quantitative estimate of drug-likeness (QED) is 0.750. The lowest BCUT2D eigenvalue weighted by Gasteiger charge is -2.17. The molecule has 2 aliphatic rings. The zero-order valence-corrected chi connectivity index (χ0v) is 11.6. The summed E-state index contributed by atoms with van der Waals surface area (Å²) in [6.07, 6.45) is 0.561. The molecular weight excluding hydrogens is 262 g/mol. The smallest absolute Gasteiger partial charge is 0.266 e. The molecule has 102 valence electrons. The van der Waals surface area contributed by atoms with Gasteiger partial charge in [-0.05, 0) is 35.7 Å². The third-order valence-corrected chi connectivity index (χ3v) is 4.23. The van der Waals surface area contributed by atoms with Crippen LogP contribution in [0.1, 0.15) is 16.7 Å². The van der Waals surface area contributed by atoms with E-state index in [0.717, 1.165) is 16.7 Å². The van der Waals surface area contributed by atoms with Crippen molar-refractivity contribution in [2.24, 2.45) is 0 Å². The molecule has 0 radical (unpaired) electrons. The fourth-order valence-electron chi connectivity index (χ4n) is 3.18. The molecule has 1 aliphatic carbocycles.